The van der Waals surface area contributed by atoms with Crippen molar-refractivity contribution < 1.29 is 17.9 Å². The Labute approximate surface area is 136 Å². The summed E-state index contributed by atoms with van der Waals surface area (Å²) in [7, 11) is -3.69. The molecule has 2 aromatic rings. The molecule has 0 saturated heterocycles. The zero-order valence-electron chi connectivity index (χ0n) is 13.2. The Bertz CT molecular complexity index is 778. The fourth-order valence-electron chi connectivity index (χ4n) is 1.96. The summed E-state index contributed by atoms with van der Waals surface area (Å²) in [6, 6.07) is 12.5. The molecule has 2 aromatic carbocycles. The third-order valence-electron chi connectivity index (χ3n) is 3.05. The number of hydrogen-bond acceptors (Lipinski definition) is 4. The van der Waals surface area contributed by atoms with Gasteiger partial charge in [0.25, 0.3) is 10.0 Å². The van der Waals surface area contributed by atoms with Crippen molar-refractivity contribution in [2.45, 2.75) is 31.8 Å². The summed E-state index contributed by atoms with van der Waals surface area (Å²) in [5, 5.41) is 0. The molecule has 0 spiro atoms. The van der Waals surface area contributed by atoms with Gasteiger partial charge in [0.05, 0.1) is 11.0 Å². The smallest absolute Gasteiger partial charge is 0.261 e. The Morgan fingerprint density at radius 3 is 2.04 bits per heavy atom. The van der Waals surface area contributed by atoms with Crippen LogP contribution in [0.25, 0.3) is 0 Å². The molecule has 1 N–H and O–H groups in total. The van der Waals surface area contributed by atoms with Gasteiger partial charge in [-0.2, -0.15) is 0 Å². The molecule has 2 rings (SSSR count). The number of carbonyl (C=O) groups is 1. The van der Waals surface area contributed by atoms with Crippen LogP contribution in [0.5, 0.6) is 5.75 Å². The van der Waals surface area contributed by atoms with E-state index in [1.807, 2.05) is 13.8 Å². The molecule has 5 nitrogen and oxygen atoms in total. The summed E-state index contributed by atoms with van der Waals surface area (Å²) >= 11 is 0. The lowest BCUT2D eigenvalue weighted by Gasteiger charge is -2.11. The topological polar surface area (TPSA) is 72.5 Å². The van der Waals surface area contributed by atoms with Crippen LogP contribution in [0.3, 0.4) is 0 Å². The third kappa shape index (κ3) is 4.56. The molecule has 122 valence electrons. The molecule has 0 radical (unpaired) electrons. The molecule has 0 aliphatic carbocycles. The van der Waals surface area contributed by atoms with E-state index in [0.717, 1.165) is 0 Å². The van der Waals surface area contributed by atoms with Crippen LogP contribution >= 0.6 is 0 Å². The van der Waals surface area contributed by atoms with E-state index in [1.54, 1.807) is 24.3 Å². The Hall–Kier alpha value is -2.34. The van der Waals surface area contributed by atoms with Gasteiger partial charge in [0, 0.05) is 11.3 Å². The van der Waals surface area contributed by atoms with Crippen LogP contribution in [-0.4, -0.2) is 20.3 Å². The fourth-order valence-corrected chi connectivity index (χ4v) is 3.02. The highest BCUT2D eigenvalue weighted by Crippen LogP contribution is 2.20. The fraction of sp³-hybridized carbons (Fsp3) is 0.235. The molecule has 0 atom stereocenters. The van der Waals surface area contributed by atoms with E-state index in [1.165, 1.54) is 31.2 Å². The number of benzene rings is 2. The normalized spacial score (nSPS) is 11.3. The summed E-state index contributed by atoms with van der Waals surface area (Å²) in [4.78, 5) is 11.3. The minimum absolute atomic E-state index is 0.0531. The first-order chi connectivity index (χ1) is 10.8. The number of carbonyl (C=O) groups excluding carboxylic acids is 1. The molecule has 23 heavy (non-hydrogen) atoms. The zero-order valence-corrected chi connectivity index (χ0v) is 14.1. The number of nitrogens with one attached hydrogen (secondary N) is 1. The largest absolute Gasteiger partial charge is 0.491 e. The quantitative estimate of drug-likeness (QED) is 0.822. The monoisotopic (exact) mass is 333 g/mol. The van der Waals surface area contributed by atoms with Crippen molar-refractivity contribution in [1.82, 2.24) is 0 Å². The van der Waals surface area contributed by atoms with Crippen molar-refractivity contribution in [3.05, 3.63) is 54.1 Å². The Kier molecular flexibility index (Phi) is 5.05. The molecule has 0 aromatic heterocycles. The van der Waals surface area contributed by atoms with Gasteiger partial charge in [-0.3, -0.25) is 9.52 Å². The summed E-state index contributed by atoms with van der Waals surface area (Å²) in [5.41, 5.74) is 0.913. The van der Waals surface area contributed by atoms with E-state index in [-0.39, 0.29) is 16.8 Å². The summed E-state index contributed by atoms with van der Waals surface area (Å²) < 4.78 is 32.6. The number of Topliss-reactive ketones (excluding diaryl/α,β-unsaturated/α-hetero) is 1. The maximum atomic E-state index is 12.3. The zero-order chi connectivity index (χ0) is 17.0. The maximum absolute atomic E-state index is 12.3. The lowest BCUT2D eigenvalue weighted by atomic mass is 10.2. The van der Waals surface area contributed by atoms with E-state index >= 15 is 0 Å². The molecule has 0 aliphatic heterocycles. The van der Waals surface area contributed by atoms with Crippen LogP contribution < -0.4 is 9.46 Å². The molecule has 0 unspecified atom stereocenters. The van der Waals surface area contributed by atoms with Crippen molar-refractivity contribution in [3.63, 3.8) is 0 Å². The second kappa shape index (κ2) is 6.83. The van der Waals surface area contributed by atoms with E-state index in [2.05, 4.69) is 4.72 Å². The molecular weight excluding hydrogens is 314 g/mol. The van der Waals surface area contributed by atoms with Gasteiger partial charge in [-0.05, 0) is 57.2 Å². The predicted molar refractivity (Wildman–Crippen MR) is 89.5 cm³/mol. The van der Waals surface area contributed by atoms with E-state index in [4.69, 9.17) is 4.74 Å². The van der Waals surface area contributed by atoms with Gasteiger partial charge in [0.15, 0.2) is 5.78 Å². The van der Waals surface area contributed by atoms with Crippen molar-refractivity contribution in [2.24, 2.45) is 0 Å². The van der Waals surface area contributed by atoms with Gasteiger partial charge < -0.3 is 4.74 Å². The van der Waals surface area contributed by atoms with Crippen molar-refractivity contribution >= 4 is 21.5 Å². The first kappa shape index (κ1) is 17.0. The second-order valence-electron chi connectivity index (χ2n) is 5.38. The van der Waals surface area contributed by atoms with Gasteiger partial charge in [0.2, 0.25) is 0 Å². The van der Waals surface area contributed by atoms with E-state index in [0.29, 0.717) is 17.0 Å². The van der Waals surface area contributed by atoms with Crippen LogP contribution in [0.1, 0.15) is 31.1 Å². The standard InChI is InChI=1S/C17H19NO4S/c1-12(2)22-16-8-6-15(7-9-16)18-23(20,21)17-10-4-14(5-11-17)13(3)19/h4-12,18H,1-3H3. The Morgan fingerprint density at radius 2 is 1.57 bits per heavy atom. The molecule has 0 heterocycles. The average Bonchev–Trinajstić information content (AvgIpc) is 2.48. The van der Waals surface area contributed by atoms with Gasteiger partial charge >= 0.3 is 0 Å². The summed E-state index contributed by atoms with van der Waals surface area (Å²) in [6.45, 7) is 5.27. The molecule has 0 bridgehead atoms. The molecule has 0 amide bonds. The van der Waals surface area contributed by atoms with Crippen molar-refractivity contribution in [1.29, 1.82) is 0 Å². The highest BCUT2D eigenvalue weighted by Gasteiger charge is 2.14. The van der Waals surface area contributed by atoms with Gasteiger partial charge in [0.1, 0.15) is 5.75 Å². The van der Waals surface area contributed by atoms with Crippen LogP contribution in [0, 0.1) is 0 Å². The summed E-state index contributed by atoms with van der Waals surface area (Å²) in [5.74, 6) is 0.566. The number of hydrogen-bond donors (Lipinski definition) is 1. The highest BCUT2D eigenvalue weighted by atomic mass is 32.2. The lowest BCUT2D eigenvalue weighted by Crippen LogP contribution is -2.13. The molecule has 0 saturated carbocycles. The van der Waals surface area contributed by atoms with Crippen LogP contribution in [0.4, 0.5) is 5.69 Å². The predicted octanol–water partition coefficient (Wildman–Crippen LogP) is 3.48. The Morgan fingerprint density at radius 1 is 1.00 bits per heavy atom. The molecule has 6 heteroatoms. The SMILES string of the molecule is CC(=O)c1ccc(S(=O)(=O)Nc2ccc(OC(C)C)cc2)cc1. The van der Waals surface area contributed by atoms with Crippen LogP contribution in [-0.2, 0) is 10.0 Å². The van der Waals surface area contributed by atoms with Gasteiger partial charge in [-0.15, -0.1) is 0 Å². The van der Waals surface area contributed by atoms with E-state index < -0.39 is 10.0 Å². The third-order valence-corrected chi connectivity index (χ3v) is 4.45. The molecular formula is C17H19NO4S. The first-order valence-corrected chi connectivity index (χ1v) is 8.67. The average molecular weight is 333 g/mol. The minimum atomic E-state index is -3.69. The minimum Gasteiger partial charge on any atom is -0.491 e. The van der Waals surface area contributed by atoms with Crippen molar-refractivity contribution in [3.8, 4) is 5.75 Å². The Balaban J connectivity index is 2.15. The van der Waals surface area contributed by atoms with Gasteiger partial charge in [-0.1, -0.05) is 12.1 Å². The second-order valence-corrected chi connectivity index (χ2v) is 7.06. The number of sulfonamides is 1. The van der Waals surface area contributed by atoms with E-state index in [9.17, 15) is 13.2 Å². The molecule has 0 fully saturated rings. The lowest BCUT2D eigenvalue weighted by molar-refractivity contribution is 0.101. The number of ketones is 1. The number of anilines is 1. The number of ether oxygens (including phenoxy) is 1. The number of rotatable bonds is 6. The molecule has 0 aliphatic rings. The maximum Gasteiger partial charge on any atom is 0.261 e. The van der Waals surface area contributed by atoms with Gasteiger partial charge in [-0.25, -0.2) is 8.42 Å². The van der Waals surface area contributed by atoms with Crippen LogP contribution in [0.15, 0.2) is 53.4 Å². The highest BCUT2D eigenvalue weighted by molar-refractivity contribution is 7.92. The van der Waals surface area contributed by atoms with Crippen LogP contribution in [0.2, 0.25) is 0 Å². The van der Waals surface area contributed by atoms with Crippen molar-refractivity contribution in [2.75, 3.05) is 4.72 Å². The summed E-state index contributed by atoms with van der Waals surface area (Å²) in [6.07, 6.45) is 0.0531. The first-order valence-electron chi connectivity index (χ1n) is 7.18.